The third-order valence-corrected chi connectivity index (χ3v) is 6.34. The van der Waals surface area contributed by atoms with Crippen molar-refractivity contribution >= 4 is 46.3 Å². The summed E-state index contributed by atoms with van der Waals surface area (Å²) in [4.78, 5) is 26.2. The van der Waals surface area contributed by atoms with Crippen LogP contribution in [0.2, 0.25) is 0 Å². The molecule has 0 saturated heterocycles. The lowest BCUT2D eigenvalue weighted by Crippen LogP contribution is -2.20. The number of anilines is 2. The van der Waals surface area contributed by atoms with Crippen LogP contribution in [0.3, 0.4) is 0 Å². The lowest BCUT2D eigenvalue weighted by molar-refractivity contribution is -0.113. The van der Waals surface area contributed by atoms with Gasteiger partial charge in [0.2, 0.25) is 11.1 Å². The van der Waals surface area contributed by atoms with Crippen LogP contribution in [0.4, 0.5) is 11.4 Å². The number of nitrogen functional groups attached to an aromatic ring is 1. The van der Waals surface area contributed by atoms with Crippen LogP contribution in [0.1, 0.15) is 10.4 Å². The number of rotatable bonds is 8. The molecule has 0 saturated carbocycles. The molecule has 0 spiro atoms. The van der Waals surface area contributed by atoms with Gasteiger partial charge >= 0.3 is 0 Å². The van der Waals surface area contributed by atoms with Gasteiger partial charge in [-0.3, -0.25) is 9.59 Å². The maximum Gasteiger partial charge on any atom is 0.257 e. The predicted octanol–water partition coefficient (Wildman–Crippen LogP) is 3.71. The first-order chi connectivity index (χ1) is 16.0. The molecule has 0 aliphatic rings. The molecule has 2 aromatic heterocycles. The Balaban J connectivity index is 1.39. The second kappa shape index (κ2) is 10.2. The van der Waals surface area contributed by atoms with Crippen molar-refractivity contribution in [2.75, 3.05) is 29.3 Å². The molecule has 4 N–H and O–H groups in total. The molecule has 4 aromatic rings. The third-order valence-electron chi connectivity index (χ3n) is 4.53. The first kappa shape index (κ1) is 22.4. The quantitative estimate of drug-likeness (QED) is 0.259. The molecule has 0 bridgehead atoms. The normalized spacial score (nSPS) is 10.6. The molecule has 168 valence electrons. The van der Waals surface area contributed by atoms with Gasteiger partial charge in [-0.1, -0.05) is 30.0 Å². The van der Waals surface area contributed by atoms with Crippen molar-refractivity contribution < 1.29 is 14.3 Å². The Kier molecular flexibility index (Phi) is 6.91. The summed E-state index contributed by atoms with van der Waals surface area (Å²) in [7, 11) is 1.57. The highest BCUT2D eigenvalue weighted by molar-refractivity contribution is 7.99. The van der Waals surface area contributed by atoms with Crippen molar-refractivity contribution in [3.8, 4) is 16.5 Å². The van der Waals surface area contributed by atoms with Crippen LogP contribution in [0, 0.1) is 0 Å². The second-order valence-corrected chi connectivity index (χ2v) is 8.61. The van der Waals surface area contributed by atoms with Gasteiger partial charge in [-0.2, -0.15) is 0 Å². The van der Waals surface area contributed by atoms with Gasteiger partial charge in [0.1, 0.15) is 5.75 Å². The molecule has 2 heterocycles. The molecule has 9 nitrogen and oxygen atoms in total. The largest absolute Gasteiger partial charge is 0.497 e. The van der Waals surface area contributed by atoms with E-state index in [1.165, 1.54) is 16.0 Å². The molecule has 0 aliphatic carbocycles. The fourth-order valence-electron chi connectivity index (χ4n) is 2.93. The smallest absolute Gasteiger partial charge is 0.257 e. The zero-order valence-electron chi connectivity index (χ0n) is 17.5. The second-order valence-electron chi connectivity index (χ2n) is 6.72. The number of para-hydroxylation sites is 1. The first-order valence-corrected chi connectivity index (χ1v) is 11.6. The number of hydrogen-bond donors (Lipinski definition) is 3. The van der Waals surface area contributed by atoms with Gasteiger partial charge in [-0.25, -0.2) is 4.68 Å². The van der Waals surface area contributed by atoms with E-state index in [4.69, 9.17) is 10.6 Å². The Morgan fingerprint density at radius 3 is 2.58 bits per heavy atom. The number of ether oxygens (including phenoxy) is 1. The number of methoxy groups -OCH3 is 1. The molecule has 2 amide bonds. The lowest BCUT2D eigenvalue weighted by atomic mass is 10.1. The third kappa shape index (κ3) is 5.33. The predicted molar refractivity (Wildman–Crippen MR) is 130 cm³/mol. The summed E-state index contributed by atoms with van der Waals surface area (Å²) < 4.78 is 6.49. The van der Waals surface area contributed by atoms with Crippen molar-refractivity contribution in [2.45, 2.75) is 5.16 Å². The number of nitrogens with zero attached hydrogens (tertiary/aromatic N) is 3. The number of aromatic nitrogens is 3. The van der Waals surface area contributed by atoms with Gasteiger partial charge < -0.3 is 21.2 Å². The Bertz CT molecular complexity index is 1260. The SMILES string of the molecule is COc1ccc(NC(=O)c2ccccc2NC(=O)CSc2nnc(-c3cccs3)n2N)cc1. The fraction of sp³-hybridized carbons (Fsp3) is 0.0909. The number of nitrogens with two attached hydrogens (primary N) is 1. The zero-order chi connectivity index (χ0) is 23.2. The van der Waals surface area contributed by atoms with Crippen molar-refractivity contribution in [1.29, 1.82) is 0 Å². The van der Waals surface area contributed by atoms with E-state index in [2.05, 4.69) is 20.8 Å². The van der Waals surface area contributed by atoms with Crippen LogP contribution in [-0.4, -0.2) is 39.6 Å². The summed E-state index contributed by atoms with van der Waals surface area (Å²) in [6.45, 7) is 0. The highest BCUT2D eigenvalue weighted by Crippen LogP contribution is 2.25. The van der Waals surface area contributed by atoms with Crippen LogP contribution in [0.25, 0.3) is 10.7 Å². The summed E-state index contributed by atoms with van der Waals surface area (Å²) in [5, 5.41) is 16.1. The molecule has 0 aliphatic heterocycles. The van der Waals surface area contributed by atoms with E-state index in [-0.39, 0.29) is 17.6 Å². The Hall–Kier alpha value is -3.83. The van der Waals surface area contributed by atoms with Gasteiger partial charge in [0.25, 0.3) is 5.91 Å². The molecule has 0 atom stereocenters. The number of hydrogen-bond acceptors (Lipinski definition) is 8. The van der Waals surface area contributed by atoms with Crippen molar-refractivity contribution in [2.24, 2.45) is 0 Å². The fourth-order valence-corrected chi connectivity index (χ4v) is 4.29. The van der Waals surface area contributed by atoms with E-state index in [0.717, 1.165) is 16.6 Å². The summed E-state index contributed by atoms with van der Waals surface area (Å²) in [5.74, 6) is 6.71. The molecule has 0 unspecified atom stereocenters. The number of amides is 2. The van der Waals surface area contributed by atoms with Gasteiger partial charge in [0, 0.05) is 5.69 Å². The minimum atomic E-state index is -0.342. The maximum atomic E-state index is 12.8. The molecular weight excluding hydrogens is 460 g/mol. The van der Waals surface area contributed by atoms with E-state index < -0.39 is 0 Å². The molecule has 0 radical (unpaired) electrons. The van der Waals surface area contributed by atoms with Gasteiger partial charge in [-0.15, -0.1) is 21.5 Å². The number of benzene rings is 2. The highest BCUT2D eigenvalue weighted by atomic mass is 32.2. The Labute approximate surface area is 197 Å². The number of carbonyl (C=O) groups is 2. The van der Waals surface area contributed by atoms with E-state index in [1.54, 1.807) is 55.6 Å². The maximum absolute atomic E-state index is 12.8. The van der Waals surface area contributed by atoms with Crippen LogP contribution in [0.15, 0.2) is 71.2 Å². The van der Waals surface area contributed by atoms with Crippen LogP contribution in [0.5, 0.6) is 5.75 Å². The average Bonchev–Trinajstić information content (AvgIpc) is 3.48. The van der Waals surface area contributed by atoms with E-state index in [0.29, 0.717) is 33.7 Å². The van der Waals surface area contributed by atoms with E-state index >= 15 is 0 Å². The minimum absolute atomic E-state index is 0.0498. The summed E-state index contributed by atoms with van der Waals surface area (Å²) >= 11 is 2.66. The van der Waals surface area contributed by atoms with Gasteiger partial charge in [-0.05, 0) is 47.8 Å². The Morgan fingerprint density at radius 2 is 1.85 bits per heavy atom. The average molecular weight is 481 g/mol. The van der Waals surface area contributed by atoms with Crippen molar-refractivity contribution in [3.63, 3.8) is 0 Å². The van der Waals surface area contributed by atoms with Crippen LogP contribution in [-0.2, 0) is 4.79 Å². The number of thioether (sulfide) groups is 1. The van der Waals surface area contributed by atoms with E-state index in [1.807, 2.05) is 17.5 Å². The standard InChI is InChI=1S/C22H20N6O3S2/c1-31-15-10-8-14(9-11-15)24-21(30)16-5-2-3-6-17(16)25-19(29)13-33-22-27-26-20(28(22)23)18-7-4-12-32-18/h2-12H,13,23H2,1H3,(H,24,30)(H,25,29). The van der Waals surface area contributed by atoms with E-state index in [9.17, 15) is 9.59 Å². The van der Waals surface area contributed by atoms with Crippen molar-refractivity contribution in [1.82, 2.24) is 14.9 Å². The molecule has 4 rings (SSSR count). The number of thiophene rings is 1. The molecule has 0 fully saturated rings. The summed E-state index contributed by atoms with van der Waals surface area (Å²) in [6.07, 6.45) is 0. The minimum Gasteiger partial charge on any atom is -0.497 e. The zero-order valence-corrected chi connectivity index (χ0v) is 19.2. The highest BCUT2D eigenvalue weighted by Gasteiger charge is 2.16. The van der Waals surface area contributed by atoms with Gasteiger partial charge in [0.15, 0.2) is 5.82 Å². The topological polar surface area (TPSA) is 124 Å². The number of carbonyl (C=O) groups excluding carboxylic acids is 2. The molecule has 2 aromatic carbocycles. The van der Waals surface area contributed by atoms with Gasteiger partial charge in [0.05, 0.1) is 29.0 Å². The van der Waals surface area contributed by atoms with Crippen LogP contribution < -0.4 is 21.2 Å². The van der Waals surface area contributed by atoms with Crippen molar-refractivity contribution in [3.05, 3.63) is 71.6 Å². The molecule has 33 heavy (non-hydrogen) atoms. The summed E-state index contributed by atoms with van der Waals surface area (Å²) in [5.41, 5.74) is 1.36. The van der Waals surface area contributed by atoms with Crippen LogP contribution >= 0.6 is 23.1 Å². The lowest BCUT2D eigenvalue weighted by Gasteiger charge is -2.12. The molecular formula is C22H20N6O3S2. The molecule has 11 heteroatoms. The Morgan fingerprint density at radius 1 is 1.06 bits per heavy atom. The monoisotopic (exact) mass is 480 g/mol. The number of nitrogens with one attached hydrogen (secondary N) is 2. The first-order valence-electron chi connectivity index (χ1n) is 9.76. The summed E-state index contributed by atoms with van der Waals surface area (Å²) in [6, 6.07) is 17.6.